The molecule has 66 heavy (non-hydrogen) atoms. The number of rotatable bonds is 12. The van der Waals surface area contributed by atoms with Gasteiger partial charge in [-0.25, -0.2) is 31.5 Å². The minimum atomic E-state index is -2.36. The van der Waals surface area contributed by atoms with Gasteiger partial charge in [-0.15, -0.1) is 0 Å². The molecular weight excluding hydrogens is 878 g/mol. The molecule has 0 bridgehead atoms. The highest BCUT2D eigenvalue weighted by Gasteiger charge is 2.42. The van der Waals surface area contributed by atoms with Gasteiger partial charge in [0.25, 0.3) is 0 Å². The fraction of sp³-hybridized carbons (Fsp3) is 0.444. The van der Waals surface area contributed by atoms with E-state index in [2.05, 4.69) is 26.0 Å². The number of aliphatic hydroxyl groups is 1. The third kappa shape index (κ3) is 8.92. The molecule has 3 aliphatic rings. The van der Waals surface area contributed by atoms with Crippen LogP contribution in [0.3, 0.4) is 0 Å². The predicted molar refractivity (Wildman–Crippen MR) is 228 cm³/mol. The third-order valence-electron chi connectivity index (χ3n) is 12.3. The number of fused-ring (bicyclic) bond motifs is 5. The number of aromatic nitrogens is 1. The van der Waals surface area contributed by atoms with Crippen molar-refractivity contribution >= 4 is 52.2 Å². The van der Waals surface area contributed by atoms with Crippen molar-refractivity contribution in [1.82, 2.24) is 25.0 Å². The number of alkyl carbamates (subject to hydrolysis) is 2. The highest BCUT2D eigenvalue weighted by Crippen LogP contribution is 2.47. The van der Waals surface area contributed by atoms with Crippen LogP contribution in [0.2, 0.25) is 0 Å². The number of benzene rings is 3. The Hall–Kier alpha value is -6.48. The number of ether oxygens (including phenoxy) is 3. The standard InChI is InChI=1S/C45H50F5N7O9/c1-20(2)37(53-44(62)64-5)41(60)55-15-7-9-27(55)39(58)51-23-12-14-26-22(17-23)18-29-25-13-11-24(19-30(25)66-43(57(26)29)31-32(46)34(48)36(50)35(49)33(31)47)52-40(59)28-10-8-16-56(28)42(61)38(21(3)4)54-45(63)65-6/h11-14,17-21,27-28,37-38,42-43,61H,7-10,15-16H2,1-6H3,(H,51,58)(H,52,59)(H,53,62)(H,54,63)/t27-,28-,37-,38-,42?,43-/m0/s1. The Morgan fingerprint density at radius 2 is 1.30 bits per heavy atom. The zero-order chi connectivity index (χ0) is 47.9. The largest absolute Gasteiger partial charge is 0.465 e. The van der Waals surface area contributed by atoms with Gasteiger partial charge in [0, 0.05) is 41.5 Å². The monoisotopic (exact) mass is 927 g/mol. The molecule has 4 aromatic rings. The molecule has 0 radical (unpaired) electrons. The molecule has 0 saturated carbocycles. The molecule has 6 atom stereocenters. The molecule has 7 rings (SSSR count). The lowest BCUT2D eigenvalue weighted by Gasteiger charge is -2.36. The lowest BCUT2D eigenvalue weighted by atomic mass is 10.0. The summed E-state index contributed by atoms with van der Waals surface area (Å²) in [7, 11) is 2.36. The highest BCUT2D eigenvalue weighted by molar-refractivity contribution is 6.01. The van der Waals surface area contributed by atoms with E-state index in [9.17, 15) is 42.3 Å². The smallest absolute Gasteiger partial charge is 0.407 e. The average molecular weight is 928 g/mol. The fourth-order valence-electron chi connectivity index (χ4n) is 8.89. The number of methoxy groups -OCH3 is 2. The second-order valence-electron chi connectivity index (χ2n) is 17.1. The molecular formula is C45H50F5N7O9. The number of anilines is 2. The Bertz CT molecular complexity index is 2540. The van der Waals surface area contributed by atoms with Crippen LogP contribution in [0.5, 0.6) is 5.75 Å². The van der Waals surface area contributed by atoms with E-state index in [1.54, 1.807) is 38.7 Å². The van der Waals surface area contributed by atoms with Crippen LogP contribution < -0.4 is 26.0 Å². The molecule has 0 spiro atoms. The first-order chi connectivity index (χ1) is 31.4. The molecule has 16 nitrogen and oxygen atoms in total. The second kappa shape index (κ2) is 19.2. The summed E-state index contributed by atoms with van der Waals surface area (Å²) < 4.78 is 92.1. The first-order valence-corrected chi connectivity index (χ1v) is 21.4. The molecule has 3 aliphatic heterocycles. The van der Waals surface area contributed by atoms with E-state index in [1.807, 2.05) is 0 Å². The normalized spacial score (nSPS) is 19.4. The van der Waals surface area contributed by atoms with Crippen LogP contribution in [0, 0.1) is 40.9 Å². The predicted octanol–water partition coefficient (Wildman–Crippen LogP) is 6.36. The number of likely N-dealkylation sites (tertiary alicyclic amines) is 2. The number of carbonyl (C=O) groups excluding carboxylic acids is 5. The topological polar surface area (TPSA) is 193 Å². The summed E-state index contributed by atoms with van der Waals surface area (Å²) >= 11 is 0. The quantitative estimate of drug-likeness (QED) is 0.0608. The van der Waals surface area contributed by atoms with Gasteiger partial charge in [-0.05, 0) is 73.9 Å². The van der Waals surface area contributed by atoms with Crippen molar-refractivity contribution in [3.63, 3.8) is 0 Å². The number of nitrogens with one attached hydrogen (secondary N) is 4. The van der Waals surface area contributed by atoms with Gasteiger partial charge < -0.3 is 50.1 Å². The fourth-order valence-corrected chi connectivity index (χ4v) is 8.89. The van der Waals surface area contributed by atoms with Gasteiger partial charge in [0.1, 0.15) is 24.1 Å². The molecule has 1 unspecified atom stereocenters. The lowest BCUT2D eigenvalue weighted by molar-refractivity contribution is -0.139. The number of amides is 5. The Balaban J connectivity index is 1.21. The number of nitrogens with zero attached hydrogens (tertiary/aromatic N) is 3. The summed E-state index contributed by atoms with van der Waals surface area (Å²) in [5.74, 6) is -13.2. The van der Waals surface area contributed by atoms with Crippen molar-refractivity contribution in [3.05, 3.63) is 77.1 Å². The molecule has 0 aliphatic carbocycles. The number of aliphatic hydroxyl groups excluding tert-OH is 1. The maximum Gasteiger partial charge on any atom is 0.407 e. The van der Waals surface area contributed by atoms with Crippen LogP contribution in [0.1, 0.15) is 65.2 Å². The summed E-state index contributed by atoms with van der Waals surface area (Å²) in [5.41, 5.74) is -0.156. The van der Waals surface area contributed by atoms with Crippen molar-refractivity contribution < 1.29 is 65.2 Å². The Morgan fingerprint density at radius 1 is 0.727 bits per heavy atom. The molecule has 4 heterocycles. The van der Waals surface area contributed by atoms with E-state index in [4.69, 9.17) is 9.47 Å². The molecule has 3 aromatic carbocycles. The van der Waals surface area contributed by atoms with E-state index in [0.717, 1.165) is 0 Å². The number of halogens is 5. The van der Waals surface area contributed by atoms with Gasteiger partial charge in [-0.3, -0.25) is 19.3 Å². The summed E-state index contributed by atoms with van der Waals surface area (Å²) in [6.07, 6.45) is -3.08. The number of hydrogen-bond donors (Lipinski definition) is 5. The van der Waals surface area contributed by atoms with Gasteiger partial charge in [-0.1, -0.05) is 27.7 Å². The SMILES string of the molecule is COC(=O)N[C@@H](C(C)C)C(O)N1CCC[C@H]1C(=O)Nc1ccc2c(c1)O[C@@H](c1c(F)c(F)c(F)c(F)c1F)n1c-2cc2cc(NC(=O)[C@@H]3CCCN3C(=O)[C@@H](NC(=O)OC)C(C)C)ccc21. The van der Waals surface area contributed by atoms with Crippen LogP contribution in [-0.2, 0) is 23.9 Å². The molecule has 1 aromatic heterocycles. The van der Waals surface area contributed by atoms with Crippen LogP contribution in [0.15, 0.2) is 42.5 Å². The zero-order valence-electron chi connectivity index (χ0n) is 36.8. The molecule has 2 saturated heterocycles. The van der Waals surface area contributed by atoms with Gasteiger partial charge in [0.2, 0.25) is 29.8 Å². The van der Waals surface area contributed by atoms with Gasteiger partial charge in [0.15, 0.2) is 23.3 Å². The van der Waals surface area contributed by atoms with Gasteiger partial charge in [-0.2, -0.15) is 0 Å². The molecule has 5 amide bonds. The van der Waals surface area contributed by atoms with Crippen LogP contribution in [-0.4, -0.2) is 107 Å². The van der Waals surface area contributed by atoms with Crippen molar-refractivity contribution in [2.75, 3.05) is 37.9 Å². The number of hydrogen-bond acceptors (Lipinski definition) is 10. The highest BCUT2D eigenvalue weighted by atomic mass is 19.2. The Morgan fingerprint density at radius 3 is 1.94 bits per heavy atom. The van der Waals surface area contributed by atoms with Crippen molar-refractivity contribution in [2.24, 2.45) is 11.8 Å². The molecule has 21 heteroatoms. The van der Waals surface area contributed by atoms with E-state index < -0.39 is 101 Å². The lowest BCUT2D eigenvalue weighted by Crippen LogP contribution is -2.57. The van der Waals surface area contributed by atoms with E-state index in [0.29, 0.717) is 43.2 Å². The van der Waals surface area contributed by atoms with Crippen molar-refractivity contribution in [2.45, 2.75) is 90.0 Å². The van der Waals surface area contributed by atoms with Crippen LogP contribution >= 0.6 is 0 Å². The van der Waals surface area contributed by atoms with E-state index >= 15 is 8.78 Å². The molecule has 5 N–H and O–H groups in total. The Labute approximate surface area is 375 Å². The Kier molecular flexibility index (Phi) is 13.8. The third-order valence-corrected chi connectivity index (χ3v) is 12.3. The van der Waals surface area contributed by atoms with E-state index in [-0.39, 0.29) is 46.7 Å². The minimum absolute atomic E-state index is 0.0941. The van der Waals surface area contributed by atoms with Gasteiger partial charge >= 0.3 is 12.2 Å². The summed E-state index contributed by atoms with van der Waals surface area (Å²) in [6, 6.07) is 6.93. The first-order valence-electron chi connectivity index (χ1n) is 21.4. The molecule has 354 valence electrons. The average Bonchev–Trinajstić information content (AvgIpc) is 4.07. The first kappa shape index (κ1) is 47.5. The molecule has 2 fully saturated rings. The maximum atomic E-state index is 15.7. The van der Waals surface area contributed by atoms with Crippen LogP contribution in [0.4, 0.5) is 42.9 Å². The van der Waals surface area contributed by atoms with Crippen molar-refractivity contribution in [1.29, 1.82) is 0 Å². The summed E-state index contributed by atoms with van der Waals surface area (Å²) in [4.78, 5) is 68.2. The minimum Gasteiger partial charge on any atom is -0.465 e. The van der Waals surface area contributed by atoms with Gasteiger partial charge in [0.05, 0.1) is 43.1 Å². The van der Waals surface area contributed by atoms with E-state index in [1.165, 1.54) is 60.1 Å². The maximum absolute atomic E-state index is 15.7. The second-order valence-corrected chi connectivity index (χ2v) is 17.1. The zero-order valence-corrected chi connectivity index (χ0v) is 36.8. The number of carbonyl (C=O) groups is 5. The van der Waals surface area contributed by atoms with Crippen LogP contribution in [0.25, 0.3) is 22.2 Å². The van der Waals surface area contributed by atoms with Crippen molar-refractivity contribution in [3.8, 4) is 17.0 Å². The summed E-state index contributed by atoms with van der Waals surface area (Å²) in [6.45, 7) is 7.63. The summed E-state index contributed by atoms with van der Waals surface area (Å²) in [5, 5.41) is 22.4.